The van der Waals surface area contributed by atoms with Crippen molar-refractivity contribution < 1.29 is 9.26 Å². The van der Waals surface area contributed by atoms with Crippen LogP contribution in [0.3, 0.4) is 0 Å². The van der Waals surface area contributed by atoms with Crippen LogP contribution in [0.4, 0.5) is 0 Å². The third-order valence-electron chi connectivity index (χ3n) is 3.94. The zero-order chi connectivity index (χ0) is 16.8. The number of hydrogen-bond acceptors (Lipinski definition) is 4. The molecule has 0 unspecified atom stereocenters. The van der Waals surface area contributed by atoms with Gasteiger partial charge in [-0.25, -0.2) is 0 Å². The van der Waals surface area contributed by atoms with Crippen LogP contribution >= 0.6 is 0 Å². The van der Waals surface area contributed by atoms with E-state index in [1.54, 1.807) is 7.11 Å². The molecule has 3 rings (SSSR count). The van der Waals surface area contributed by atoms with Crippen LogP contribution in [0, 0.1) is 0 Å². The first-order chi connectivity index (χ1) is 11.8. The van der Waals surface area contributed by atoms with Crippen molar-refractivity contribution in [2.45, 2.75) is 26.4 Å². The standard InChI is InChI=1S/C20H22N2O2/c1-3-17-12-18(24-22-17)14-21-13-15-7-6-8-16(11-15)19-9-4-5-10-20(19)23-2/h4-12,21H,3,13-14H2,1-2H3. The van der Waals surface area contributed by atoms with Crippen LogP contribution in [0.15, 0.2) is 59.1 Å². The molecule has 2 aromatic carbocycles. The molecule has 4 nitrogen and oxygen atoms in total. The number of nitrogens with zero attached hydrogens (tertiary/aromatic N) is 1. The van der Waals surface area contributed by atoms with Gasteiger partial charge in [0, 0.05) is 18.2 Å². The molecule has 0 atom stereocenters. The molecule has 0 fully saturated rings. The molecule has 0 saturated carbocycles. The topological polar surface area (TPSA) is 47.3 Å². The molecule has 0 aliphatic rings. The molecular formula is C20H22N2O2. The molecule has 0 spiro atoms. The van der Waals surface area contributed by atoms with Gasteiger partial charge in [0.2, 0.25) is 0 Å². The Morgan fingerprint density at radius 1 is 1.04 bits per heavy atom. The number of nitrogens with one attached hydrogen (secondary N) is 1. The maximum atomic E-state index is 5.46. The third-order valence-corrected chi connectivity index (χ3v) is 3.94. The van der Waals surface area contributed by atoms with Gasteiger partial charge in [-0.1, -0.05) is 48.5 Å². The number of aromatic nitrogens is 1. The molecule has 3 aromatic rings. The van der Waals surface area contributed by atoms with E-state index < -0.39 is 0 Å². The Hall–Kier alpha value is -2.59. The monoisotopic (exact) mass is 322 g/mol. The Bertz CT molecular complexity index is 796. The maximum absolute atomic E-state index is 5.46. The second-order valence-electron chi connectivity index (χ2n) is 5.64. The van der Waals surface area contributed by atoms with Gasteiger partial charge in [-0.3, -0.25) is 0 Å². The van der Waals surface area contributed by atoms with Gasteiger partial charge in [0.05, 0.1) is 19.3 Å². The highest BCUT2D eigenvalue weighted by Gasteiger charge is 2.06. The minimum Gasteiger partial charge on any atom is -0.496 e. The van der Waals surface area contributed by atoms with Crippen molar-refractivity contribution in [3.63, 3.8) is 0 Å². The quantitative estimate of drug-likeness (QED) is 0.708. The number of para-hydroxylation sites is 1. The minimum absolute atomic E-state index is 0.673. The van der Waals surface area contributed by atoms with Gasteiger partial charge in [0.15, 0.2) is 5.76 Å². The molecule has 0 aliphatic carbocycles. The second kappa shape index (κ2) is 7.79. The zero-order valence-electron chi connectivity index (χ0n) is 14.1. The zero-order valence-corrected chi connectivity index (χ0v) is 14.1. The molecule has 1 heterocycles. The van der Waals surface area contributed by atoms with Crippen molar-refractivity contribution in [3.8, 4) is 16.9 Å². The van der Waals surface area contributed by atoms with Crippen LogP contribution in [0.5, 0.6) is 5.75 Å². The fourth-order valence-corrected chi connectivity index (χ4v) is 2.67. The fourth-order valence-electron chi connectivity index (χ4n) is 2.67. The van der Waals surface area contributed by atoms with E-state index in [0.717, 1.165) is 41.3 Å². The first kappa shape index (κ1) is 16.3. The lowest BCUT2D eigenvalue weighted by molar-refractivity contribution is 0.368. The average Bonchev–Trinajstić information content (AvgIpc) is 3.10. The predicted molar refractivity (Wildman–Crippen MR) is 94.9 cm³/mol. The number of ether oxygens (including phenoxy) is 1. The lowest BCUT2D eigenvalue weighted by Crippen LogP contribution is -2.12. The van der Waals surface area contributed by atoms with Crippen LogP contribution in [0.25, 0.3) is 11.1 Å². The molecule has 1 N–H and O–H groups in total. The molecule has 0 radical (unpaired) electrons. The van der Waals surface area contributed by atoms with E-state index in [1.165, 1.54) is 5.56 Å². The van der Waals surface area contributed by atoms with E-state index in [0.29, 0.717) is 6.54 Å². The van der Waals surface area contributed by atoms with Crippen LogP contribution in [0.2, 0.25) is 0 Å². The van der Waals surface area contributed by atoms with Crippen LogP contribution in [0.1, 0.15) is 23.9 Å². The highest BCUT2D eigenvalue weighted by atomic mass is 16.5. The Morgan fingerprint density at radius 3 is 2.71 bits per heavy atom. The highest BCUT2D eigenvalue weighted by molar-refractivity contribution is 5.70. The second-order valence-corrected chi connectivity index (χ2v) is 5.64. The summed E-state index contributed by atoms with van der Waals surface area (Å²) in [5.74, 6) is 1.75. The van der Waals surface area contributed by atoms with Crippen molar-refractivity contribution >= 4 is 0 Å². The maximum Gasteiger partial charge on any atom is 0.150 e. The van der Waals surface area contributed by atoms with Gasteiger partial charge in [-0.15, -0.1) is 0 Å². The summed E-state index contributed by atoms with van der Waals surface area (Å²) in [6.45, 7) is 3.51. The highest BCUT2D eigenvalue weighted by Crippen LogP contribution is 2.29. The van der Waals surface area contributed by atoms with Crippen molar-refractivity contribution in [1.82, 2.24) is 10.5 Å². The fraction of sp³-hybridized carbons (Fsp3) is 0.250. The molecule has 4 heteroatoms. The summed E-state index contributed by atoms with van der Waals surface area (Å²) in [5, 5.41) is 7.40. The van der Waals surface area contributed by atoms with E-state index in [1.807, 2.05) is 24.3 Å². The number of hydrogen-bond donors (Lipinski definition) is 1. The Balaban J connectivity index is 1.67. The van der Waals surface area contributed by atoms with Crippen LogP contribution < -0.4 is 10.1 Å². The smallest absolute Gasteiger partial charge is 0.150 e. The molecule has 124 valence electrons. The van der Waals surface area contributed by atoms with Crippen LogP contribution in [-0.4, -0.2) is 12.3 Å². The largest absolute Gasteiger partial charge is 0.496 e. The third kappa shape index (κ3) is 3.84. The van der Waals surface area contributed by atoms with Gasteiger partial charge in [-0.05, 0) is 29.7 Å². The van der Waals surface area contributed by atoms with Gasteiger partial charge < -0.3 is 14.6 Å². The SMILES string of the molecule is CCc1cc(CNCc2cccc(-c3ccccc3OC)c2)on1. The lowest BCUT2D eigenvalue weighted by Gasteiger charge is -2.10. The molecule has 0 saturated heterocycles. The predicted octanol–water partition coefficient (Wildman–Crippen LogP) is 4.20. The lowest BCUT2D eigenvalue weighted by atomic mass is 10.0. The van der Waals surface area contributed by atoms with Crippen molar-refractivity contribution in [2.24, 2.45) is 0 Å². The van der Waals surface area contributed by atoms with E-state index in [-0.39, 0.29) is 0 Å². The molecule has 0 aliphatic heterocycles. The van der Waals surface area contributed by atoms with E-state index >= 15 is 0 Å². The molecule has 0 bridgehead atoms. The van der Waals surface area contributed by atoms with Crippen molar-refractivity contribution in [1.29, 1.82) is 0 Å². The number of aryl methyl sites for hydroxylation is 1. The first-order valence-electron chi connectivity index (χ1n) is 8.17. The van der Waals surface area contributed by atoms with Gasteiger partial charge >= 0.3 is 0 Å². The normalized spacial score (nSPS) is 10.8. The molecule has 0 amide bonds. The average molecular weight is 322 g/mol. The molecule has 24 heavy (non-hydrogen) atoms. The number of methoxy groups -OCH3 is 1. The van der Waals surface area contributed by atoms with Crippen LogP contribution in [-0.2, 0) is 19.5 Å². The summed E-state index contributed by atoms with van der Waals surface area (Å²) >= 11 is 0. The van der Waals surface area contributed by atoms with E-state index in [4.69, 9.17) is 9.26 Å². The Kier molecular flexibility index (Phi) is 5.29. The van der Waals surface area contributed by atoms with Gasteiger partial charge in [-0.2, -0.15) is 0 Å². The molecular weight excluding hydrogens is 300 g/mol. The van der Waals surface area contributed by atoms with E-state index in [2.05, 4.69) is 47.7 Å². The van der Waals surface area contributed by atoms with Gasteiger partial charge in [0.1, 0.15) is 5.75 Å². The summed E-state index contributed by atoms with van der Waals surface area (Å²) in [4.78, 5) is 0. The first-order valence-corrected chi connectivity index (χ1v) is 8.17. The number of rotatable bonds is 7. The minimum atomic E-state index is 0.673. The summed E-state index contributed by atoms with van der Waals surface area (Å²) < 4.78 is 10.7. The van der Waals surface area contributed by atoms with E-state index in [9.17, 15) is 0 Å². The summed E-state index contributed by atoms with van der Waals surface area (Å²) in [5.41, 5.74) is 4.46. The van der Waals surface area contributed by atoms with Crippen molar-refractivity contribution in [3.05, 3.63) is 71.6 Å². The van der Waals surface area contributed by atoms with Gasteiger partial charge in [0.25, 0.3) is 0 Å². The Labute approximate surface area is 142 Å². The summed E-state index contributed by atoms with van der Waals surface area (Å²) in [7, 11) is 1.70. The van der Waals surface area contributed by atoms with Crippen molar-refractivity contribution in [2.75, 3.05) is 7.11 Å². The summed E-state index contributed by atoms with van der Waals surface area (Å²) in [6, 6.07) is 18.5. The summed E-state index contributed by atoms with van der Waals surface area (Å²) in [6.07, 6.45) is 0.893. The Morgan fingerprint density at radius 2 is 1.92 bits per heavy atom. The number of benzene rings is 2. The molecule has 1 aromatic heterocycles.